The van der Waals surface area contributed by atoms with Crippen LogP contribution in [0.2, 0.25) is 0 Å². The van der Waals surface area contributed by atoms with Gasteiger partial charge >= 0.3 is 0 Å². The highest BCUT2D eigenvalue weighted by molar-refractivity contribution is 5.60. The van der Waals surface area contributed by atoms with Crippen LogP contribution in [0.15, 0.2) is 36.7 Å². The molecule has 1 heterocycles. The quantitative estimate of drug-likeness (QED) is 0.768. The first-order valence-corrected chi connectivity index (χ1v) is 5.25. The molecule has 0 amide bonds. The van der Waals surface area contributed by atoms with Crippen molar-refractivity contribution in [3.8, 4) is 11.4 Å². The molecule has 0 N–H and O–H groups in total. The molecule has 0 aliphatic rings. The Morgan fingerprint density at radius 3 is 2.44 bits per heavy atom. The van der Waals surface area contributed by atoms with E-state index in [0.717, 1.165) is 11.1 Å². The van der Waals surface area contributed by atoms with E-state index in [9.17, 15) is 4.39 Å². The first-order chi connectivity index (χ1) is 7.68. The Labute approximate surface area is 94.2 Å². The molecular formula is C13H13FN2. The van der Waals surface area contributed by atoms with E-state index in [1.807, 2.05) is 13.8 Å². The molecule has 0 radical (unpaired) electrons. The molecule has 0 bridgehead atoms. The van der Waals surface area contributed by atoms with E-state index >= 15 is 0 Å². The summed E-state index contributed by atoms with van der Waals surface area (Å²) in [6.07, 6.45) is 3.38. The van der Waals surface area contributed by atoms with Crippen molar-refractivity contribution < 1.29 is 4.39 Å². The average Bonchev–Trinajstić information content (AvgIpc) is 2.30. The van der Waals surface area contributed by atoms with Gasteiger partial charge in [0.25, 0.3) is 0 Å². The van der Waals surface area contributed by atoms with E-state index < -0.39 is 0 Å². The van der Waals surface area contributed by atoms with Crippen molar-refractivity contribution in [1.82, 2.24) is 9.97 Å². The zero-order valence-corrected chi connectivity index (χ0v) is 9.31. The topological polar surface area (TPSA) is 25.8 Å². The first-order valence-electron chi connectivity index (χ1n) is 5.25. The summed E-state index contributed by atoms with van der Waals surface area (Å²) < 4.78 is 13.2. The van der Waals surface area contributed by atoms with Gasteiger partial charge in [-0.3, -0.25) is 0 Å². The largest absolute Gasteiger partial charge is 0.237 e. The van der Waals surface area contributed by atoms with Gasteiger partial charge in [0.1, 0.15) is 5.82 Å². The van der Waals surface area contributed by atoms with Crippen LogP contribution in [-0.4, -0.2) is 9.97 Å². The van der Waals surface area contributed by atoms with Gasteiger partial charge in [0.2, 0.25) is 0 Å². The van der Waals surface area contributed by atoms with E-state index in [-0.39, 0.29) is 11.7 Å². The molecule has 0 aliphatic carbocycles. The molecule has 3 heteroatoms. The first kappa shape index (κ1) is 10.7. The Hall–Kier alpha value is -1.77. The summed E-state index contributed by atoms with van der Waals surface area (Å²) in [5.41, 5.74) is 1.84. The van der Waals surface area contributed by atoms with Crippen LogP contribution >= 0.6 is 0 Å². The maximum Gasteiger partial charge on any atom is 0.159 e. The Morgan fingerprint density at radius 1 is 1.12 bits per heavy atom. The minimum absolute atomic E-state index is 0.219. The molecule has 0 aliphatic heterocycles. The van der Waals surface area contributed by atoms with Gasteiger partial charge in [0.15, 0.2) is 5.82 Å². The maximum atomic E-state index is 13.2. The number of hydrogen-bond acceptors (Lipinski definition) is 2. The minimum atomic E-state index is -0.219. The molecule has 16 heavy (non-hydrogen) atoms. The van der Waals surface area contributed by atoms with E-state index in [4.69, 9.17) is 0 Å². The number of hydrogen-bond donors (Lipinski definition) is 0. The van der Waals surface area contributed by atoms with Crippen molar-refractivity contribution in [2.75, 3.05) is 0 Å². The predicted octanol–water partition coefficient (Wildman–Crippen LogP) is 3.41. The van der Waals surface area contributed by atoms with E-state index in [2.05, 4.69) is 9.97 Å². The van der Waals surface area contributed by atoms with Crippen molar-refractivity contribution in [2.45, 2.75) is 19.8 Å². The molecular weight excluding hydrogens is 203 g/mol. The van der Waals surface area contributed by atoms with Crippen LogP contribution in [0.25, 0.3) is 11.4 Å². The van der Waals surface area contributed by atoms with Gasteiger partial charge in [-0.15, -0.1) is 0 Å². The molecule has 0 atom stereocenters. The minimum Gasteiger partial charge on any atom is -0.237 e. The summed E-state index contributed by atoms with van der Waals surface area (Å²) in [5.74, 6) is 0.670. The monoisotopic (exact) mass is 216 g/mol. The van der Waals surface area contributed by atoms with Crippen LogP contribution in [0.3, 0.4) is 0 Å². The molecule has 0 saturated heterocycles. The summed E-state index contributed by atoms with van der Waals surface area (Å²) in [6.45, 7) is 4.06. The predicted molar refractivity (Wildman–Crippen MR) is 61.5 cm³/mol. The SMILES string of the molecule is CC(C)c1cc(F)ccc1-c1ncccn1. The highest BCUT2D eigenvalue weighted by Crippen LogP contribution is 2.27. The second-order valence-electron chi connectivity index (χ2n) is 3.96. The fourth-order valence-corrected chi connectivity index (χ4v) is 1.65. The Kier molecular flexibility index (Phi) is 2.95. The van der Waals surface area contributed by atoms with Crippen molar-refractivity contribution in [3.05, 3.63) is 48.0 Å². The molecule has 0 spiro atoms. The Bertz CT molecular complexity index is 481. The molecule has 1 aromatic carbocycles. The normalized spacial score (nSPS) is 10.8. The third-order valence-corrected chi connectivity index (χ3v) is 2.44. The number of nitrogens with zero attached hydrogens (tertiary/aromatic N) is 2. The second kappa shape index (κ2) is 4.39. The maximum absolute atomic E-state index is 13.2. The molecule has 2 aromatic rings. The van der Waals surface area contributed by atoms with Gasteiger partial charge in [-0.05, 0) is 35.7 Å². The van der Waals surface area contributed by atoms with Crippen molar-refractivity contribution in [3.63, 3.8) is 0 Å². The standard InChI is InChI=1S/C13H13FN2/c1-9(2)12-8-10(14)4-5-11(12)13-15-6-3-7-16-13/h3-9H,1-2H3. The van der Waals surface area contributed by atoms with Crippen LogP contribution in [-0.2, 0) is 0 Å². The number of aromatic nitrogens is 2. The van der Waals surface area contributed by atoms with Crippen LogP contribution in [0, 0.1) is 5.82 Å². The second-order valence-corrected chi connectivity index (χ2v) is 3.96. The lowest BCUT2D eigenvalue weighted by molar-refractivity contribution is 0.623. The lowest BCUT2D eigenvalue weighted by Gasteiger charge is -2.11. The molecule has 0 fully saturated rings. The third kappa shape index (κ3) is 2.08. The van der Waals surface area contributed by atoms with Crippen molar-refractivity contribution in [1.29, 1.82) is 0 Å². The van der Waals surface area contributed by atoms with Gasteiger partial charge in [-0.25, -0.2) is 14.4 Å². The molecule has 0 unspecified atom stereocenters. The highest BCUT2D eigenvalue weighted by atomic mass is 19.1. The molecule has 0 saturated carbocycles. The summed E-state index contributed by atoms with van der Waals surface area (Å²) in [6, 6.07) is 6.50. The molecule has 2 rings (SSSR count). The van der Waals surface area contributed by atoms with Crippen LogP contribution in [0.4, 0.5) is 4.39 Å². The number of benzene rings is 1. The summed E-state index contributed by atoms with van der Waals surface area (Å²) in [5, 5.41) is 0. The van der Waals surface area contributed by atoms with Crippen LogP contribution < -0.4 is 0 Å². The zero-order chi connectivity index (χ0) is 11.5. The van der Waals surface area contributed by atoms with Crippen molar-refractivity contribution in [2.24, 2.45) is 0 Å². The average molecular weight is 216 g/mol. The van der Waals surface area contributed by atoms with Gasteiger partial charge in [-0.2, -0.15) is 0 Å². The summed E-state index contributed by atoms with van der Waals surface area (Å²) in [7, 11) is 0. The highest BCUT2D eigenvalue weighted by Gasteiger charge is 2.11. The number of halogens is 1. The van der Waals surface area contributed by atoms with Crippen LogP contribution in [0.1, 0.15) is 25.3 Å². The fraction of sp³-hybridized carbons (Fsp3) is 0.231. The fourth-order valence-electron chi connectivity index (χ4n) is 1.65. The zero-order valence-electron chi connectivity index (χ0n) is 9.31. The van der Waals surface area contributed by atoms with Gasteiger partial charge < -0.3 is 0 Å². The van der Waals surface area contributed by atoms with E-state index in [0.29, 0.717) is 5.82 Å². The Balaban J connectivity index is 2.57. The van der Waals surface area contributed by atoms with Gasteiger partial charge in [-0.1, -0.05) is 13.8 Å². The van der Waals surface area contributed by atoms with E-state index in [1.165, 1.54) is 6.07 Å². The van der Waals surface area contributed by atoms with Gasteiger partial charge in [0, 0.05) is 18.0 Å². The summed E-state index contributed by atoms with van der Waals surface area (Å²) in [4.78, 5) is 8.38. The lowest BCUT2D eigenvalue weighted by Crippen LogP contribution is -1.96. The number of rotatable bonds is 2. The van der Waals surface area contributed by atoms with Gasteiger partial charge in [0.05, 0.1) is 0 Å². The third-order valence-electron chi connectivity index (χ3n) is 2.44. The smallest absolute Gasteiger partial charge is 0.159 e. The summed E-state index contributed by atoms with van der Waals surface area (Å²) >= 11 is 0. The molecule has 2 nitrogen and oxygen atoms in total. The van der Waals surface area contributed by atoms with Crippen LogP contribution in [0.5, 0.6) is 0 Å². The molecule has 1 aromatic heterocycles. The Morgan fingerprint density at radius 2 is 1.81 bits per heavy atom. The van der Waals surface area contributed by atoms with Crippen molar-refractivity contribution >= 4 is 0 Å². The van der Waals surface area contributed by atoms with E-state index in [1.54, 1.807) is 30.6 Å². The lowest BCUT2D eigenvalue weighted by atomic mass is 9.96. The molecule has 82 valence electrons.